The Bertz CT molecular complexity index is 1030. The molecule has 1 saturated heterocycles. The third kappa shape index (κ3) is 2.56. The Balaban J connectivity index is 1.81. The van der Waals surface area contributed by atoms with Crippen LogP contribution >= 0.6 is 0 Å². The van der Waals surface area contributed by atoms with E-state index < -0.39 is 34.8 Å². The van der Waals surface area contributed by atoms with Crippen molar-refractivity contribution in [1.82, 2.24) is 14.0 Å². The van der Waals surface area contributed by atoms with Crippen molar-refractivity contribution in [2.24, 2.45) is 5.41 Å². The Hall–Kier alpha value is -2.71. The van der Waals surface area contributed by atoms with Gasteiger partial charge in [0, 0.05) is 12.0 Å². The van der Waals surface area contributed by atoms with Crippen molar-refractivity contribution in [2.75, 3.05) is 6.54 Å². The minimum atomic E-state index is -4.56. The van der Waals surface area contributed by atoms with Crippen LogP contribution in [0.2, 0.25) is 0 Å². The second-order valence-corrected chi connectivity index (χ2v) is 8.36. The second kappa shape index (κ2) is 5.65. The molecule has 150 valence electrons. The molecule has 1 aromatic heterocycles. The monoisotopic (exact) mass is 395 g/mol. The number of benzene rings is 1. The first-order chi connectivity index (χ1) is 12.9. The van der Waals surface area contributed by atoms with Gasteiger partial charge in [0.1, 0.15) is 5.69 Å². The van der Waals surface area contributed by atoms with E-state index in [1.54, 1.807) is 25.7 Å². The van der Waals surface area contributed by atoms with Crippen molar-refractivity contribution in [3.63, 3.8) is 0 Å². The summed E-state index contributed by atoms with van der Waals surface area (Å²) in [6, 6.07) is 3.51. The molecule has 1 amide bonds. The lowest BCUT2D eigenvalue weighted by atomic mass is 9.94. The highest BCUT2D eigenvalue weighted by molar-refractivity contribution is 5.82. The minimum absolute atomic E-state index is 0.0627. The van der Waals surface area contributed by atoms with Crippen molar-refractivity contribution in [3.05, 3.63) is 46.0 Å². The number of imidazole rings is 1. The Labute approximate surface area is 158 Å². The molecule has 9 heteroatoms. The SMILES string of the molecule is CC(C)(C)C(=O)N1CC2C[C@@H]1c1c(O)n(-c3cccc(C(F)(F)F)c3)c(=O)n12. The van der Waals surface area contributed by atoms with Crippen molar-refractivity contribution in [3.8, 4) is 11.6 Å². The predicted octanol–water partition coefficient (Wildman–Crippen LogP) is 3.24. The molecule has 2 aliphatic rings. The summed E-state index contributed by atoms with van der Waals surface area (Å²) < 4.78 is 41.4. The number of aromatic hydroxyl groups is 1. The molecule has 1 unspecified atom stereocenters. The van der Waals surface area contributed by atoms with E-state index in [1.165, 1.54) is 16.7 Å². The molecule has 0 saturated carbocycles. The van der Waals surface area contributed by atoms with Crippen LogP contribution in [0.3, 0.4) is 0 Å². The molecule has 0 aliphatic carbocycles. The zero-order chi connectivity index (χ0) is 20.6. The van der Waals surface area contributed by atoms with Crippen LogP contribution in [0, 0.1) is 5.41 Å². The summed E-state index contributed by atoms with van der Waals surface area (Å²) in [5.74, 6) is -0.506. The molecule has 2 bridgehead atoms. The van der Waals surface area contributed by atoms with Gasteiger partial charge in [-0.3, -0.25) is 9.36 Å². The van der Waals surface area contributed by atoms with E-state index in [-0.39, 0.29) is 23.3 Å². The number of alkyl halides is 3. The Kier molecular flexibility index (Phi) is 3.76. The number of hydrogen-bond donors (Lipinski definition) is 1. The Morgan fingerprint density at radius 1 is 1.21 bits per heavy atom. The molecule has 6 nitrogen and oxygen atoms in total. The van der Waals surface area contributed by atoms with Crippen molar-refractivity contribution >= 4 is 5.91 Å². The molecule has 28 heavy (non-hydrogen) atoms. The maximum atomic E-state index is 13.0. The maximum Gasteiger partial charge on any atom is 0.416 e. The van der Waals surface area contributed by atoms with E-state index in [0.717, 1.165) is 16.7 Å². The third-order valence-corrected chi connectivity index (χ3v) is 5.39. The lowest BCUT2D eigenvalue weighted by Gasteiger charge is -2.32. The van der Waals surface area contributed by atoms with Gasteiger partial charge in [0.15, 0.2) is 0 Å². The molecule has 0 spiro atoms. The first kappa shape index (κ1) is 18.6. The molecule has 1 fully saturated rings. The molecule has 2 aromatic rings. The third-order valence-electron chi connectivity index (χ3n) is 5.39. The second-order valence-electron chi connectivity index (χ2n) is 8.36. The number of amides is 1. The quantitative estimate of drug-likeness (QED) is 0.806. The molecule has 2 atom stereocenters. The van der Waals surface area contributed by atoms with Gasteiger partial charge in [0.05, 0.1) is 23.3 Å². The fourth-order valence-electron chi connectivity index (χ4n) is 4.16. The van der Waals surface area contributed by atoms with Gasteiger partial charge in [-0.05, 0) is 24.6 Å². The molecule has 3 heterocycles. The van der Waals surface area contributed by atoms with E-state index in [2.05, 4.69) is 0 Å². The van der Waals surface area contributed by atoms with E-state index >= 15 is 0 Å². The van der Waals surface area contributed by atoms with E-state index in [0.29, 0.717) is 13.0 Å². The zero-order valence-electron chi connectivity index (χ0n) is 15.6. The largest absolute Gasteiger partial charge is 0.493 e. The van der Waals surface area contributed by atoms with Crippen LogP contribution in [0.1, 0.15) is 50.5 Å². The summed E-state index contributed by atoms with van der Waals surface area (Å²) in [7, 11) is 0. The number of carbonyl (C=O) groups is 1. The number of hydrogen-bond acceptors (Lipinski definition) is 3. The van der Waals surface area contributed by atoms with Crippen LogP contribution in [-0.2, 0) is 11.0 Å². The number of fused-ring (bicyclic) bond motifs is 5. The lowest BCUT2D eigenvalue weighted by molar-refractivity contribution is -0.141. The first-order valence-electron chi connectivity index (χ1n) is 8.96. The van der Waals surface area contributed by atoms with Gasteiger partial charge in [-0.1, -0.05) is 26.8 Å². The normalized spacial score (nSPS) is 21.3. The number of rotatable bonds is 1. The molecular weight excluding hydrogens is 375 g/mol. The van der Waals surface area contributed by atoms with Crippen LogP contribution in [0.5, 0.6) is 5.88 Å². The van der Waals surface area contributed by atoms with Gasteiger partial charge in [-0.25, -0.2) is 9.36 Å². The van der Waals surface area contributed by atoms with Crippen molar-refractivity contribution < 1.29 is 23.1 Å². The van der Waals surface area contributed by atoms with Crippen molar-refractivity contribution in [1.29, 1.82) is 0 Å². The standard InChI is InChI=1S/C19H20F3N3O3/c1-18(2,3)16(27)23-9-12-8-13(23)14-15(26)25(17(28)24(12)14)11-6-4-5-10(7-11)19(20,21)22/h4-7,12-13,26H,8-9H2,1-3H3/t12?,13-/m1/s1. The van der Waals surface area contributed by atoms with Crippen LogP contribution in [0.15, 0.2) is 29.1 Å². The maximum absolute atomic E-state index is 13.0. The topological polar surface area (TPSA) is 67.5 Å². The molecule has 0 radical (unpaired) electrons. The fraction of sp³-hybridized carbons (Fsp3) is 0.474. The summed E-state index contributed by atoms with van der Waals surface area (Å²) in [5.41, 5.74) is -1.89. The smallest absolute Gasteiger partial charge is 0.416 e. The average molecular weight is 395 g/mol. The average Bonchev–Trinajstić information content (AvgIpc) is 3.24. The molecule has 4 rings (SSSR count). The predicted molar refractivity (Wildman–Crippen MR) is 94.3 cm³/mol. The number of likely N-dealkylation sites (tertiary alicyclic amines) is 1. The minimum Gasteiger partial charge on any atom is -0.493 e. The highest BCUT2D eigenvalue weighted by atomic mass is 19.4. The van der Waals surface area contributed by atoms with Crippen LogP contribution in [0.4, 0.5) is 13.2 Å². The van der Waals surface area contributed by atoms with Gasteiger partial charge in [0.25, 0.3) is 0 Å². The molecular formula is C19H20F3N3O3. The van der Waals surface area contributed by atoms with Crippen LogP contribution in [0.25, 0.3) is 5.69 Å². The first-order valence-corrected chi connectivity index (χ1v) is 8.96. The van der Waals surface area contributed by atoms with Crippen LogP contribution < -0.4 is 5.69 Å². The lowest BCUT2D eigenvalue weighted by Crippen LogP contribution is -2.43. The Morgan fingerprint density at radius 3 is 2.50 bits per heavy atom. The van der Waals surface area contributed by atoms with E-state index in [9.17, 15) is 27.9 Å². The summed E-state index contributed by atoms with van der Waals surface area (Å²) >= 11 is 0. The summed E-state index contributed by atoms with van der Waals surface area (Å²) in [5, 5.41) is 10.7. The number of carbonyl (C=O) groups excluding carboxylic acids is 1. The van der Waals surface area contributed by atoms with Gasteiger partial charge < -0.3 is 10.0 Å². The Morgan fingerprint density at radius 2 is 1.89 bits per heavy atom. The van der Waals surface area contributed by atoms with E-state index in [4.69, 9.17) is 0 Å². The van der Waals surface area contributed by atoms with Gasteiger partial charge >= 0.3 is 11.9 Å². The molecule has 2 aliphatic heterocycles. The number of nitrogens with zero attached hydrogens (tertiary/aromatic N) is 3. The molecule has 1 N–H and O–H groups in total. The van der Waals surface area contributed by atoms with Crippen LogP contribution in [-0.4, -0.2) is 31.6 Å². The highest BCUT2D eigenvalue weighted by Crippen LogP contribution is 2.49. The molecule has 1 aromatic carbocycles. The number of aromatic nitrogens is 2. The summed E-state index contributed by atoms with van der Waals surface area (Å²) in [4.78, 5) is 27.3. The fourth-order valence-corrected chi connectivity index (χ4v) is 4.16. The highest BCUT2D eigenvalue weighted by Gasteiger charge is 2.50. The van der Waals surface area contributed by atoms with Gasteiger partial charge in [-0.15, -0.1) is 0 Å². The summed E-state index contributed by atoms with van der Waals surface area (Å²) in [6.07, 6.45) is -4.05. The number of halogens is 3. The van der Waals surface area contributed by atoms with Crippen molar-refractivity contribution in [2.45, 2.75) is 45.5 Å². The van der Waals surface area contributed by atoms with E-state index in [1.807, 2.05) is 0 Å². The zero-order valence-corrected chi connectivity index (χ0v) is 15.6. The van der Waals surface area contributed by atoms with Gasteiger partial charge in [0.2, 0.25) is 11.8 Å². The van der Waals surface area contributed by atoms with Gasteiger partial charge in [-0.2, -0.15) is 13.2 Å². The summed E-state index contributed by atoms with van der Waals surface area (Å²) in [6.45, 7) is 5.73.